The summed E-state index contributed by atoms with van der Waals surface area (Å²) in [6, 6.07) is -0.182. The van der Waals surface area contributed by atoms with Gasteiger partial charge < -0.3 is 13.9 Å². The normalized spacial score (nSPS) is 23.2. The van der Waals surface area contributed by atoms with Crippen molar-refractivity contribution in [1.29, 1.82) is 0 Å². The molecule has 1 saturated heterocycles. The Bertz CT molecular complexity index is 899. The summed E-state index contributed by atoms with van der Waals surface area (Å²) in [5.74, 6) is 2.41. The number of methoxy groups -OCH3 is 1. The molecule has 9 nitrogen and oxygen atoms in total. The van der Waals surface area contributed by atoms with E-state index in [1.165, 1.54) is 0 Å². The maximum atomic E-state index is 13.3. The van der Waals surface area contributed by atoms with Crippen LogP contribution in [0.25, 0.3) is 0 Å². The lowest BCUT2D eigenvalue weighted by atomic mass is 10.1. The molecule has 0 aromatic carbocycles. The smallest absolute Gasteiger partial charge is 0.262 e. The van der Waals surface area contributed by atoms with Gasteiger partial charge in [0.15, 0.2) is 5.03 Å². The first-order chi connectivity index (χ1) is 12.4. The van der Waals surface area contributed by atoms with E-state index in [9.17, 15) is 8.42 Å². The molecule has 0 radical (unpaired) electrons. The highest BCUT2D eigenvalue weighted by Gasteiger charge is 2.46. The molecule has 4 rings (SSSR count). The summed E-state index contributed by atoms with van der Waals surface area (Å²) in [5.41, 5.74) is 0. The number of hydrogen-bond acceptors (Lipinski definition) is 6. The molecular formula is C16H24N6O3S. The van der Waals surface area contributed by atoms with Crippen LogP contribution in [0, 0.1) is 6.92 Å². The van der Waals surface area contributed by atoms with Crippen molar-refractivity contribution >= 4 is 10.0 Å². The molecule has 2 aromatic heterocycles. The zero-order valence-corrected chi connectivity index (χ0v) is 16.1. The van der Waals surface area contributed by atoms with Crippen LogP contribution in [-0.2, 0) is 41.2 Å². The Balaban J connectivity index is 1.67. The van der Waals surface area contributed by atoms with Crippen LogP contribution in [0.2, 0.25) is 0 Å². The summed E-state index contributed by atoms with van der Waals surface area (Å²) in [6.45, 7) is 2.96. The van der Waals surface area contributed by atoms with Crippen LogP contribution in [0.15, 0.2) is 11.2 Å². The first-order valence-corrected chi connectivity index (χ1v) is 10.3. The molecule has 1 fully saturated rings. The van der Waals surface area contributed by atoms with Crippen molar-refractivity contribution in [3.63, 3.8) is 0 Å². The van der Waals surface area contributed by atoms with Gasteiger partial charge in [0.2, 0.25) is 0 Å². The molecule has 0 aliphatic carbocycles. The average molecular weight is 380 g/mol. The van der Waals surface area contributed by atoms with Crippen molar-refractivity contribution < 1.29 is 13.2 Å². The summed E-state index contributed by atoms with van der Waals surface area (Å²) in [6.07, 6.45) is 4.54. The van der Waals surface area contributed by atoms with Gasteiger partial charge in [-0.25, -0.2) is 13.4 Å². The fourth-order valence-electron chi connectivity index (χ4n) is 3.99. The van der Waals surface area contributed by atoms with Gasteiger partial charge in [0, 0.05) is 51.8 Å². The lowest BCUT2D eigenvalue weighted by Gasteiger charge is -2.26. The number of ether oxygens (including phenoxy) is 1. The third kappa shape index (κ3) is 2.76. The number of aryl methyl sites for hydroxylation is 2. The first kappa shape index (κ1) is 17.6. The van der Waals surface area contributed by atoms with E-state index in [1.54, 1.807) is 29.1 Å². The van der Waals surface area contributed by atoms with E-state index in [2.05, 4.69) is 19.7 Å². The number of aromatic nitrogens is 5. The highest BCUT2D eigenvalue weighted by Crippen LogP contribution is 2.36. The van der Waals surface area contributed by atoms with E-state index >= 15 is 0 Å². The largest absolute Gasteiger partial charge is 0.384 e. The van der Waals surface area contributed by atoms with Crippen LogP contribution in [-0.4, -0.2) is 62.8 Å². The SMILES string of the molecule is COCCc1nnc2n1C[C@H]1CC[C@@H](C2)N1S(=O)(=O)c1cn(C)c(C)n1. The Morgan fingerprint density at radius 3 is 2.73 bits per heavy atom. The second-order valence-electron chi connectivity index (χ2n) is 7.05. The molecule has 4 heterocycles. The second kappa shape index (κ2) is 6.43. The third-order valence-corrected chi connectivity index (χ3v) is 7.30. The molecule has 0 spiro atoms. The molecule has 2 aliphatic rings. The Kier molecular flexibility index (Phi) is 4.36. The van der Waals surface area contributed by atoms with Gasteiger partial charge in [0.05, 0.1) is 6.61 Å². The van der Waals surface area contributed by atoms with E-state index in [1.807, 2.05) is 7.05 Å². The van der Waals surface area contributed by atoms with Crippen LogP contribution in [0.5, 0.6) is 0 Å². The van der Waals surface area contributed by atoms with Gasteiger partial charge >= 0.3 is 0 Å². The first-order valence-electron chi connectivity index (χ1n) is 8.85. The minimum atomic E-state index is -3.63. The van der Waals surface area contributed by atoms with Crippen molar-refractivity contribution in [1.82, 2.24) is 28.6 Å². The fourth-order valence-corrected chi connectivity index (χ4v) is 5.88. The lowest BCUT2D eigenvalue weighted by Crippen LogP contribution is -2.42. The lowest BCUT2D eigenvalue weighted by molar-refractivity contribution is 0.199. The molecule has 2 aliphatic heterocycles. The molecule has 2 atom stereocenters. The van der Waals surface area contributed by atoms with Crippen molar-refractivity contribution in [2.75, 3.05) is 13.7 Å². The summed E-state index contributed by atoms with van der Waals surface area (Å²) in [7, 11) is -0.168. The van der Waals surface area contributed by atoms with Crippen LogP contribution in [0.1, 0.15) is 30.3 Å². The van der Waals surface area contributed by atoms with Gasteiger partial charge in [-0.2, -0.15) is 4.31 Å². The number of sulfonamides is 1. The molecule has 0 unspecified atom stereocenters. The maximum absolute atomic E-state index is 13.3. The van der Waals surface area contributed by atoms with Gasteiger partial charge in [-0.15, -0.1) is 10.2 Å². The molecule has 0 amide bonds. The minimum Gasteiger partial charge on any atom is -0.384 e. The van der Waals surface area contributed by atoms with E-state index in [0.717, 1.165) is 24.5 Å². The quantitative estimate of drug-likeness (QED) is 0.740. The number of rotatable bonds is 5. The van der Waals surface area contributed by atoms with Crippen LogP contribution >= 0.6 is 0 Å². The molecule has 0 saturated carbocycles. The molecule has 26 heavy (non-hydrogen) atoms. The van der Waals surface area contributed by atoms with E-state index in [0.29, 0.717) is 31.8 Å². The molecular weight excluding hydrogens is 356 g/mol. The Labute approximate surface area is 153 Å². The number of fused-ring (bicyclic) bond motifs is 3. The van der Waals surface area contributed by atoms with Crippen molar-refractivity contribution in [3.8, 4) is 0 Å². The van der Waals surface area contributed by atoms with Crippen LogP contribution in [0.4, 0.5) is 0 Å². The van der Waals surface area contributed by atoms with Gasteiger partial charge in [0.1, 0.15) is 17.5 Å². The zero-order chi connectivity index (χ0) is 18.5. The van der Waals surface area contributed by atoms with E-state index < -0.39 is 10.0 Å². The summed E-state index contributed by atoms with van der Waals surface area (Å²) in [5, 5.41) is 8.73. The van der Waals surface area contributed by atoms with Gasteiger partial charge in [-0.1, -0.05) is 0 Å². The molecule has 2 bridgehead atoms. The molecule has 0 N–H and O–H groups in total. The zero-order valence-electron chi connectivity index (χ0n) is 15.3. The monoisotopic (exact) mass is 380 g/mol. The fraction of sp³-hybridized carbons (Fsp3) is 0.688. The van der Waals surface area contributed by atoms with Crippen molar-refractivity contribution in [2.24, 2.45) is 7.05 Å². The summed E-state index contributed by atoms with van der Waals surface area (Å²) in [4.78, 5) is 4.26. The third-order valence-electron chi connectivity index (χ3n) is 5.43. The van der Waals surface area contributed by atoms with Crippen molar-refractivity contribution in [3.05, 3.63) is 23.7 Å². The van der Waals surface area contributed by atoms with Crippen LogP contribution in [0.3, 0.4) is 0 Å². The maximum Gasteiger partial charge on any atom is 0.262 e. The molecule has 2 aromatic rings. The Morgan fingerprint density at radius 2 is 2.04 bits per heavy atom. The van der Waals surface area contributed by atoms with Gasteiger partial charge in [0.25, 0.3) is 10.0 Å². The number of imidazole rings is 1. The van der Waals surface area contributed by atoms with E-state index in [-0.39, 0.29) is 17.1 Å². The number of hydrogen-bond donors (Lipinski definition) is 0. The summed E-state index contributed by atoms with van der Waals surface area (Å²) >= 11 is 0. The van der Waals surface area contributed by atoms with Gasteiger partial charge in [-0.05, 0) is 19.8 Å². The standard InChI is InChI=1S/C16H24N6O3S/c1-11-17-16(10-20(11)2)26(23,24)22-12-4-5-13(22)9-21-14(6-7-25-3)18-19-15(21)8-12/h10,12-13H,4-9H2,1-3H3/t12-,13+/m0/s1. The predicted molar refractivity (Wildman–Crippen MR) is 93.1 cm³/mol. The Hall–Kier alpha value is -1.78. The average Bonchev–Trinajstić information content (AvgIpc) is 3.22. The highest BCUT2D eigenvalue weighted by molar-refractivity contribution is 7.89. The van der Waals surface area contributed by atoms with Crippen molar-refractivity contribution in [2.45, 2.75) is 56.3 Å². The Morgan fingerprint density at radius 1 is 1.27 bits per heavy atom. The highest BCUT2D eigenvalue weighted by atomic mass is 32.2. The molecule has 142 valence electrons. The molecule has 10 heteroatoms. The predicted octanol–water partition coefficient (Wildman–Crippen LogP) is 0.287. The van der Waals surface area contributed by atoms with Gasteiger partial charge in [-0.3, -0.25) is 0 Å². The van der Waals surface area contributed by atoms with Crippen LogP contribution < -0.4 is 0 Å². The minimum absolute atomic E-state index is 0.0898. The van der Waals surface area contributed by atoms with E-state index in [4.69, 9.17) is 4.74 Å². The summed E-state index contributed by atoms with van der Waals surface area (Å²) < 4.78 is 37.2. The second-order valence-corrected chi connectivity index (χ2v) is 8.84. The topological polar surface area (TPSA) is 95.1 Å². The number of nitrogens with zero attached hydrogens (tertiary/aromatic N) is 6.